The molecule has 20 heavy (non-hydrogen) atoms. The SMILES string of the molecule is NCC(Cc1cccc(Cl)c1)Cc1ccc(F)cc1Cl. The van der Waals surface area contributed by atoms with Gasteiger partial charge in [0.05, 0.1) is 0 Å². The molecule has 2 N–H and O–H groups in total. The van der Waals surface area contributed by atoms with Gasteiger partial charge in [-0.3, -0.25) is 0 Å². The molecule has 2 rings (SSSR count). The quantitative estimate of drug-likeness (QED) is 0.865. The summed E-state index contributed by atoms with van der Waals surface area (Å²) in [6.07, 6.45) is 1.55. The first-order chi connectivity index (χ1) is 9.58. The van der Waals surface area contributed by atoms with Gasteiger partial charge in [0.25, 0.3) is 0 Å². The zero-order valence-corrected chi connectivity index (χ0v) is 12.5. The summed E-state index contributed by atoms with van der Waals surface area (Å²) in [7, 11) is 0. The molecule has 0 saturated heterocycles. The molecule has 0 spiro atoms. The van der Waals surface area contributed by atoms with Gasteiger partial charge < -0.3 is 5.73 Å². The Morgan fingerprint density at radius 1 is 1.05 bits per heavy atom. The van der Waals surface area contributed by atoms with E-state index in [4.69, 9.17) is 28.9 Å². The van der Waals surface area contributed by atoms with Crippen LogP contribution in [0.15, 0.2) is 42.5 Å². The van der Waals surface area contributed by atoms with Crippen molar-refractivity contribution in [1.82, 2.24) is 0 Å². The Morgan fingerprint density at radius 2 is 1.85 bits per heavy atom. The predicted molar refractivity (Wildman–Crippen MR) is 82.8 cm³/mol. The van der Waals surface area contributed by atoms with Gasteiger partial charge in [-0.05, 0) is 60.7 Å². The maximum absolute atomic E-state index is 13.0. The van der Waals surface area contributed by atoms with Crippen LogP contribution in [0.3, 0.4) is 0 Å². The lowest BCUT2D eigenvalue weighted by atomic mass is 9.92. The third-order valence-corrected chi connectivity index (χ3v) is 3.86. The zero-order valence-electron chi connectivity index (χ0n) is 11.0. The summed E-state index contributed by atoms with van der Waals surface area (Å²) in [5, 5.41) is 1.17. The number of halogens is 3. The van der Waals surface area contributed by atoms with E-state index in [9.17, 15) is 4.39 Å². The molecule has 0 radical (unpaired) electrons. The van der Waals surface area contributed by atoms with Crippen molar-refractivity contribution in [2.75, 3.05) is 6.54 Å². The van der Waals surface area contributed by atoms with Crippen LogP contribution in [-0.4, -0.2) is 6.54 Å². The first-order valence-corrected chi connectivity index (χ1v) is 7.22. The molecular formula is C16H16Cl2FN. The summed E-state index contributed by atoms with van der Waals surface area (Å²) in [6, 6.07) is 12.2. The second-order valence-electron chi connectivity index (χ2n) is 4.88. The van der Waals surface area contributed by atoms with Crippen LogP contribution in [0.2, 0.25) is 10.0 Å². The van der Waals surface area contributed by atoms with E-state index in [0.717, 1.165) is 29.0 Å². The summed E-state index contributed by atoms with van der Waals surface area (Å²) >= 11 is 12.0. The topological polar surface area (TPSA) is 26.0 Å². The number of nitrogens with two attached hydrogens (primary N) is 1. The van der Waals surface area contributed by atoms with Gasteiger partial charge in [0.15, 0.2) is 0 Å². The van der Waals surface area contributed by atoms with Crippen LogP contribution in [0, 0.1) is 11.7 Å². The van der Waals surface area contributed by atoms with Crippen LogP contribution in [0.4, 0.5) is 4.39 Å². The molecule has 0 aliphatic heterocycles. The van der Waals surface area contributed by atoms with Crippen LogP contribution >= 0.6 is 23.2 Å². The van der Waals surface area contributed by atoms with Gasteiger partial charge in [-0.1, -0.05) is 41.4 Å². The Bertz CT molecular complexity index is 586. The van der Waals surface area contributed by atoms with Gasteiger partial charge in [-0.15, -0.1) is 0 Å². The third kappa shape index (κ3) is 4.20. The van der Waals surface area contributed by atoms with Crippen LogP contribution in [0.5, 0.6) is 0 Å². The first kappa shape index (κ1) is 15.3. The van der Waals surface area contributed by atoms with Crippen LogP contribution in [0.25, 0.3) is 0 Å². The van der Waals surface area contributed by atoms with Crippen molar-refractivity contribution in [3.63, 3.8) is 0 Å². The van der Waals surface area contributed by atoms with Crippen molar-refractivity contribution < 1.29 is 4.39 Å². The van der Waals surface area contributed by atoms with E-state index < -0.39 is 0 Å². The maximum Gasteiger partial charge on any atom is 0.124 e. The molecule has 2 aromatic rings. The predicted octanol–water partition coefficient (Wildman–Crippen LogP) is 4.49. The smallest absolute Gasteiger partial charge is 0.124 e. The summed E-state index contributed by atoms with van der Waals surface area (Å²) in [6.45, 7) is 0.542. The Labute approximate surface area is 128 Å². The van der Waals surface area contributed by atoms with Crippen LogP contribution in [0.1, 0.15) is 11.1 Å². The maximum atomic E-state index is 13.0. The molecule has 4 heteroatoms. The molecule has 0 fully saturated rings. The first-order valence-electron chi connectivity index (χ1n) is 6.47. The van der Waals surface area contributed by atoms with E-state index in [1.54, 1.807) is 6.07 Å². The number of rotatable bonds is 5. The van der Waals surface area contributed by atoms with Crippen molar-refractivity contribution >= 4 is 23.2 Å². The summed E-state index contributed by atoms with van der Waals surface area (Å²) < 4.78 is 13.0. The minimum absolute atomic E-state index is 0.247. The van der Waals surface area contributed by atoms with Crippen molar-refractivity contribution in [3.05, 3.63) is 69.5 Å². The summed E-state index contributed by atoms with van der Waals surface area (Å²) in [4.78, 5) is 0. The lowest BCUT2D eigenvalue weighted by molar-refractivity contribution is 0.532. The van der Waals surface area contributed by atoms with Gasteiger partial charge in [0.2, 0.25) is 0 Å². The average Bonchev–Trinajstić information content (AvgIpc) is 2.41. The minimum atomic E-state index is -0.321. The van der Waals surface area contributed by atoms with Crippen molar-refractivity contribution in [1.29, 1.82) is 0 Å². The molecule has 2 aromatic carbocycles. The van der Waals surface area contributed by atoms with E-state index in [1.165, 1.54) is 12.1 Å². The van der Waals surface area contributed by atoms with Crippen molar-refractivity contribution in [2.24, 2.45) is 11.7 Å². The van der Waals surface area contributed by atoms with E-state index in [-0.39, 0.29) is 11.7 Å². The normalized spacial score (nSPS) is 12.4. The highest BCUT2D eigenvalue weighted by molar-refractivity contribution is 6.31. The highest BCUT2D eigenvalue weighted by atomic mass is 35.5. The fourth-order valence-corrected chi connectivity index (χ4v) is 2.69. The van der Waals surface area contributed by atoms with Gasteiger partial charge in [-0.25, -0.2) is 4.39 Å². The van der Waals surface area contributed by atoms with Crippen LogP contribution < -0.4 is 5.73 Å². The monoisotopic (exact) mass is 311 g/mol. The second-order valence-corrected chi connectivity index (χ2v) is 5.72. The van der Waals surface area contributed by atoms with E-state index in [0.29, 0.717) is 11.6 Å². The molecule has 0 bridgehead atoms. The van der Waals surface area contributed by atoms with E-state index in [2.05, 4.69) is 0 Å². The second kappa shape index (κ2) is 7.07. The molecule has 0 heterocycles. The zero-order chi connectivity index (χ0) is 14.5. The Balaban J connectivity index is 2.09. The fraction of sp³-hybridized carbons (Fsp3) is 0.250. The number of benzene rings is 2. The van der Waals surface area contributed by atoms with Crippen molar-refractivity contribution in [3.8, 4) is 0 Å². The lowest BCUT2D eigenvalue weighted by Crippen LogP contribution is -2.19. The Morgan fingerprint density at radius 3 is 2.50 bits per heavy atom. The third-order valence-electron chi connectivity index (χ3n) is 3.27. The molecule has 1 nitrogen and oxygen atoms in total. The highest BCUT2D eigenvalue weighted by Gasteiger charge is 2.12. The molecule has 0 amide bonds. The minimum Gasteiger partial charge on any atom is -0.330 e. The number of hydrogen-bond donors (Lipinski definition) is 1. The van der Waals surface area contributed by atoms with Gasteiger partial charge >= 0.3 is 0 Å². The summed E-state index contributed by atoms with van der Waals surface area (Å²) in [5.74, 6) is -0.0747. The van der Waals surface area contributed by atoms with Crippen LogP contribution in [-0.2, 0) is 12.8 Å². The lowest BCUT2D eigenvalue weighted by Gasteiger charge is -2.16. The Hall–Kier alpha value is -1.09. The van der Waals surface area contributed by atoms with Gasteiger partial charge in [0, 0.05) is 10.0 Å². The molecule has 0 saturated carbocycles. The molecular weight excluding hydrogens is 296 g/mol. The largest absolute Gasteiger partial charge is 0.330 e. The summed E-state index contributed by atoms with van der Waals surface area (Å²) in [5.41, 5.74) is 7.90. The molecule has 1 atom stereocenters. The number of hydrogen-bond acceptors (Lipinski definition) is 1. The molecule has 0 aliphatic rings. The average molecular weight is 312 g/mol. The van der Waals surface area contributed by atoms with E-state index >= 15 is 0 Å². The molecule has 106 valence electrons. The highest BCUT2D eigenvalue weighted by Crippen LogP contribution is 2.22. The van der Waals surface area contributed by atoms with Gasteiger partial charge in [0.1, 0.15) is 5.82 Å². The molecule has 0 aliphatic carbocycles. The molecule has 1 unspecified atom stereocenters. The van der Waals surface area contributed by atoms with Crippen molar-refractivity contribution in [2.45, 2.75) is 12.8 Å². The fourth-order valence-electron chi connectivity index (χ4n) is 2.23. The Kier molecular flexibility index (Phi) is 5.41. The van der Waals surface area contributed by atoms with E-state index in [1.807, 2.05) is 24.3 Å². The standard InChI is InChI=1S/C16H16Cl2FN/c17-14-3-1-2-11(8-14)6-12(10-20)7-13-4-5-15(19)9-16(13)18/h1-5,8-9,12H,6-7,10,20H2. The molecule has 0 aromatic heterocycles. The van der Waals surface area contributed by atoms with Gasteiger partial charge in [-0.2, -0.15) is 0 Å².